The van der Waals surface area contributed by atoms with Gasteiger partial charge in [-0.15, -0.1) is 18.3 Å². The molecule has 1 fully saturated rings. The number of halogens is 3. The van der Waals surface area contributed by atoms with Crippen LogP contribution in [0.3, 0.4) is 0 Å². The third kappa shape index (κ3) is 6.64. The Morgan fingerprint density at radius 2 is 1.82 bits per heavy atom. The van der Waals surface area contributed by atoms with Crippen LogP contribution in [0.5, 0.6) is 5.75 Å². The largest absolute Gasteiger partial charge is 0.573 e. The number of aromatic nitrogens is 3. The Kier molecular flexibility index (Phi) is 8.00. The number of rotatable bonds is 5. The highest BCUT2D eigenvalue weighted by Crippen LogP contribution is 2.51. The first kappa shape index (κ1) is 30.5. The van der Waals surface area contributed by atoms with E-state index in [2.05, 4.69) is 82.2 Å². The van der Waals surface area contributed by atoms with E-state index in [1.54, 1.807) is 18.0 Å². The van der Waals surface area contributed by atoms with Gasteiger partial charge in [-0.05, 0) is 80.0 Å². The van der Waals surface area contributed by atoms with E-state index in [4.69, 9.17) is 17.2 Å². The van der Waals surface area contributed by atoms with Crippen LogP contribution in [0.4, 0.5) is 18.9 Å². The van der Waals surface area contributed by atoms with Crippen LogP contribution in [-0.4, -0.2) is 42.4 Å². The van der Waals surface area contributed by atoms with Gasteiger partial charge in [0.15, 0.2) is 11.0 Å². The predicted molar refractivity (Wildman–Crippen MR) is 176 cm³/mol. The molecule has 230 valence electrons. The number of nitrogens with one attached hydrogen (secondary N) is 1. The van der Waals surface area contributed by atoms with Gasteiger partial charge in [-0.3, -0.25) is 10.3 Å². The highest BCUT2D eigenvalue weighted by molar-refractivity contribution is 8.16. The maximum Gasteiger partial charge on any atom is 0.573 e. The highest BCUT2D eigenvalue weighted by Gasteiger charge is 2.44. The molecule has 2 aliphatic heterocycles. The Hall–Kier alpha value is -4.49. The van der Waals surface area contributed by atoms with E-state index < -0.39 is 6.36 Å². The molecule has 0 spiro atoms. The minimum absolute atomic E-state index is 0.157. The molecule has 2 aliphatic rings. The van der Waals surface area contributed by atoms with Gasteiger partial charge in [-0.2, -0.15) is 10.1 Å². The van der Waals surface area contributed by atoms with E-state index in [9.17, 15) is 13.2 Å². The standard InChI is InChI=1S/C32H28F3N7OS2/c1-19-5-14-25-20(2)16-27-31(3,4)45-30(42(27)26(25)15-19)38-29(44)39-37-17-21-6-8-22(9-7-21)28-36-18-41(40-28)23-10-12-24(13-11-23)43-32(33,34)35/h5-18,20H,1-4H3,(H,39,44)/b37-17+,38-30?. The van der Waals surface area contributed by atoms with Gasteiger partial charge >= 0.3 is 6.36 Å². The van der Waals surface area contributed by atoms with Crippen molar-refractivity contribution in [2.24, 2.45) is 10.1 Å². The van der Waals surface area contributed by atoms with Crippen LogP contribution >= 0.6 is 24.0 Å². The molecule has 13 heteroatoms. The summed E-state index contributed by atoms with van der Waals surface area (Å²) in [7, 11) is 0. The lowest BCUT2D eigenvalue weighted by atomic mass is 9.89. The van der Waals surface area contributed by atoms with E-state index in [-0.39, 0.29) is 15.6 Å². The summed E-state index contributed by atoms with van der Waals surface area (Å²) in [4.78, 5) is 11.3. The van der Waals surface area contributed by atoms with Crippen LogP contribution in [-0.2, 0) is 0 Å². The SMILES string of the molecule is Cc1ccc2c(c1)N1C(=CC2C)C(C)(C)SC1=NC(=S)N/N=C/c1ccc(-c2ncn(-c3ccc(OC(F)(F)F)cc3)n2)cc1. The van der Waals surface area contributed by atoms with Crippen molar-refractivity contribution in [3.8, 4) is 22.8 Å². The summed E-state index contributed by atoms with van der Waals surface area (Å²) in [6.07, 6.45) is 0.691. The topological polar surface area (TPSA) is 79.9 Å². The zero-order valence-corrected chi connectivity index (χ0v) is 26.3. The number of nitrogens with zero attached hydrogens (tertiary/aromatic N) is 6. The molecule has 0 radical (unpaired) electrons. The van der Waals surface area contributed by atoms with Gasteiger partial charge in [-0.25, -0.2) is 9.67 Å². The number of hydrogen-bond donors (Lipinski definition) is 1. The summed E-state index contributed by atoms with van der Waals surface area (Å²) in [5, 5.41) is 9.78. The number of benzene rings is 3. The summed E-state index contributed by atoms with van der Waals surface area (Å²) in [6, 6.07) is 19.3. The molecule has 3 heterocycles. The van der Waals surface area contributed by atoms with E-state index in [1.165, 1.54) is 52.1 Å². The summed E-state index contributed by atoms with van der Waals surface area (Å²) in [6.45, 7) is 8.69. The van der Waals surface area contributed by atoms with Gasteiger partial charge in [0.25, 0.3) is 0 Å². The quantitative estimate of drug-likeness (QED) is 0.135. The number of hydrazone groups is 1. The van der Waals surface area contributed by atoms with Crippen molar-refractivity contribution in [1.29, 1.82) is 0 Å². The maximum atomic E-state index is 12.4. The average molecular weight is 648 g/mol. The van der Waals surface area contributed by atoms with E-state index in [1.807, 2.05) is 24.3 Å². The van der Waals surface area contributed by atoms with Crippen LogP contribution in [0.25, 0.3) is 17.1 Å². The molecule has 1 N–H and O–H groups in total. The fourth-order valence-corrected chi connectivity index (χ4v) is 6.49. The lowest BCUT2D eigenvalue weighted by Gasteiger charge is -2.33. The molecule has 0 aliphatic carbocycles. The Bertz CT molecular complexity index is 1850. The Balaban J connectivity index is 1.11. The van der Waals surface area contributed by atoms with Crippen molar-refractivity contribution in [1.82, 2.24) is 20.2 Å². The molecule has 1 saturated heterocycles. The second-order valence-corrected chi connectivity index (χ2v) is 13.1. The maximum absolute atomic E-state index is 12.4. The summed E-state index contributed by atoms with van der Waals surface area (Å²) in [5.74, 6) is 0.455. The normalized spacial score (nSPS) is 18.1. The molecule has 0 amide bonds. The average Bonchev–Trinajstić information content (AvgIpc) is 3.56. The molecule has 1 unspecified atom stereocenters. The predicted octanol–water partition coefficient (Wildman–Crippen LogP) is 7.74. The van der Waals surface area contributed by atoms with Gasteiger partial charge < -0.3 is 4.74 Å². The number of allylic oxidation sites excluding steroid dienone is 1. The molecule has 4 aromatic rings. The highest BCUT2D eigenvalue weighted by atomic mass is 32.2. The van der Waals surface area contributed by atoms with Crippen LogP contribution < -0.4 is 15.1 Å². The van der Waals surface area contributed by atoms with E-state index in [0.29, 0.717) is 17.4 Å². The smallest absolute Gasteiger partial charge is 0.406 e. The number of amidine groups is 1. The molecule has 1 atom stereocenters. The van der Waals surface area contributed by atoms with Crippen molar-refractivity contribution in [2.75, 3.05) is 4.90 Å². The van der Waals surface area contributed by atoms with Crippen molar-refractivity contribution < 1.29 is 17.9 Å². The summed E-state index contributed by atoms with van der Waals surface area (Å²) >= 11 is 7.21. The minimum Gasteiger partial charge on any atom is -0.406 e. The number of thiocarbonyl (C=S) groups is 1. The third-order valence-corrected chi connectivity index (χ3v) is 8.65. The summed E-state index contributed by atoms with van der Waals surface area (Å²) < 4.78 is 42.5. The first-order chi connectivity index (χ1) is 21.4. The molecule has 8 nitrogen and oxygen atoms in total. The van der Waals surface area contributed by atoms with Gasteiger partial charge in [0.2, 0.25) is 5.11 Å². The van der Waals surface area contributed by atoms with Gasteiger partial charge in [-0.1, -0.05) is 61.2 Å². The molecular formula is C32H28F3N7OS2. The Morgan fingerprint density at radius 1 is 1.09 bits per heavy atom. The van der Waals surface area contributed by atoms with Crippen molar-refractivity contribution >= 4 is 46.2 Å². The van der Waals surface area contributed by atoms with Crippen molar-refractivity contribution in [3.05, 3.63) is 102 Å². The number of fused-ring (bicyclic) bond motifs is 3. The van der Waals surface area contributed by atoms with Gasteiger partial charge in [0, 0.05) is 17.2 Å². The summed E-state index contributed by atoms with van der Waals surface area (Å²) in [5.41, 5.74) is 9.76. The molecule has 45 heavy (non-hydrogen) atoms. The van der Waals surface area contributed by atoms with Gasteiger partial charge in [0.1, 0.15) is 12.1 Å². The van der Waals surface area contributed by atoms with Crippen molar-refractivity contribution in [2.45, 2.75) is 44.7 Å². The van der Waals surface area contributed by atoms with Crippen LogP contribution in [0.15, 0.2) is 94.9 Å². The number of aryl methyl sites for hydroxylation is 1. The second-order valence-electron chi connectivity index (χ2n) is 11.1. The molecule has 6 rings (SSSR count). The second kappa shape index (κ2) is 11.8. The first-order valence-corrected chi connectivity index (χ1v) is 15.2. The number of hydrogen-bond acceptors (Lipinski definition) is 6. The zero-order valence-electron chi connectivity index (χ0n) is 24.7. The van der Waals surface area contributed by atoms with Crippen LogP contribution in [0, 0.1) is 6.92 Å². The van der Waals surface area contributed by atoms with Crippen LogP contribution in [0.1, 0.15) is 43.4 Å². The fourth-order valence-electron chi connectivity index (χ4n) is 5.15. The number of aliphatic imine (C=N–C) groups is 1. The molecule has 0 bridgehead atoms. The molecule has 1 aromatic heterocycles. The first-order valence-electron chi connectivity index (χ1n) is 14.0. The van der Waals surface area contributed by atoms with Gasteiger partial charge in [0.05, 0.1) is 22.3 Å². The number of anilines is 1. The molecular weight excluding hydrogens is 620 g/mol. The van der Waals surface area contributed by atoms with Crippen molar-refractivity contribution in [3.63, 3.8) is 0 Å². The van der Waals surface area contributed by atoms with Crippen LogP contribution in [0.2, 0.25) is 0 Å². The molecule has 3 aromatic carbocycles. The van der Waals surface area contributed by atoms with E-state index >= 15 is 0 Å². The number of thioether (sulfide) groups is 1. The lowest BCUT2D eigenvalue weighted by molar-refractivity contribution is -0.274. The number of ether oxygens (including phenoxy) is 1. The Labute approximate surface area is 267 Å². The lowest BCUT2D eigenvalue weighted by Crippen LogP contribution is -2.31. The zero-order chi connectivity index (χ0) is 31.9. The fraction of sp³-hybridized carbons (Fsp3) is 0.219. The molecule has 0 saturated carbocycles. The Morgan fingerprint density at radius 3 is 2.53 bits per heavy atom. The monoisotopic (exact) mass is 647 g/mol. The third-order valence-electron chi connectivity index (χ3n) is 7.29. The minimum atomic E-state index is -4.75. The number of alkyl halides is 3. The van der Waals surface area contributed by atoms with E-state index in [0.717, 1.165) is 22.0 Å².